The Morgan fingerprint density at radius 1 is 1.08 bits per heavy atom. The highest BCUT2D eigenvalue weighted by Crippen LogP contribution is 2.35. The minimum absolute atomic E-state index is 0.218. The Bertz CT molecular complexity index is 898. The van der Waals surface area contributed by atoms with Gasteiger partial charge in [-0.2, -0.15) is 13.2 Å². The van der Waals surface area contributed by atoms with E-state index in [1.165, 1.54) is 12.1 Å². The van der Waals surface area contributed by atoms with Crippen molar-refractivity contribution in [2.24, 2.45) is 0 Å². The zero-order valence-corrected chi connectivity index (χ0v) is 15.0. The number of rotatable bonds is 3. The molecular formula is C16H12BrF3NO3S. The van der Waals surface area contributed by atoms with Crippen molar-refractivity contribution in [3.05, 3.63) is 57.6 Å². The van der Waals surface area contributed by atoms with Crippen LogP contribution in [0.5, 0.6) is 5.75 Å². The molecule has 9 heteroatoms. The van der Waals surface area contributed by atoms with Gasteiger partial charge < -0.3 is 0 Å². The van der Waals surface area contributed by atoms with Crippen molar-refractivity contribution in [1.29, 1.82) is 0 Å². The fourth-order valence-corrected chi connectivity index (χ4v) is 4.78. The largest absolute Gasteiger partial charge is 0.417 e. The van der Waals surface area contributed by atoms with Crippen LogP contribution in [0.15, 0.2) is 45.8 Å². The van der Waals surface area contributed by atoms with Crippen LogP contribution in [0.2, 0.25) is 0 Å². The van der Waals surface area contributed by atoms with Crippen molar-refractivity contribution in [3.63, 3.8) is 0 Å². The first-order valence-corrected chi connectivity index (χ1v) is 9.52. The highest BCUT2D eigenvalue weighted by atomic mass is 79.9. The van der Waals surface area contributed by atoms with Gasteiger partial charge in [-0.1, -0.05) is 12.1 Å². The average Bonchev–Trinajstić information content (AvgIpc) is 2.87. The molecule has 0 amide bonds. The molecule has 2 aromatic rings. The summed E-state index contributed by atoms with van der Waals surface area (Å²) in [5.74, 6) is -0.218. The monoisotopic (exact) mass is 434 g/mol. The molecule has 0 fully saturated rings. The van der Waals surface area contributed by atoms with Crippen LogP contribution in [-0.2, 0) is 34.1 Å². The van der Waals surface area contributed by atoms with Crippen LogP contribution in [-0.4, -0.2) is 14.5 Å². The van der Waals surface area contributed by atoms with Crippen LogP contribution in [0.4, 0.5) is 13.2 Å². The van der Waals surface area contributed by atoms with E-state index in [1.807, 2.05) is 0 Å². The van der Waals surface area contributed by atoms with Gasteiger partial charge in [0.15, 0.2) is 5.75 Å². The third-order valence-corrected chi connectivity index (χ3v) is 6.19. The smallest absolute Gasteiger partial charge is 0.289 e. The molecule has 1 radical (unpaired) electrons. The van der Waals surface area contributed by atoms with Crippen LogP contribution in [0, 0.1) is 0 Å². The Labute approximate surface area is 150 Å². The summed E-state index contributed by atoms with van der Waals surface area (Å²) in [6, 6.07) is 6.48. The Balaban J connectivity index is 1.87. The first kappa shape index (κ1) is 18.2. The molecule has 0 aliphatic heterocycles. The maximum atomic E-state index is 13.1. The molecule has 133 valence electrons. The molecule has 3 rings (SSSR count). The summed E-state index contributed by atoms with van der Waals surface area (Å²) >= 11 is 3.12. The summed E-state index contributed by atoms with van der Waals surface area (Å²) in [5.41, 5.74) is 0.288. The van der Waals surface area contributed by atoms with Crippen molar-refractivity contribution < 1.29 is 26.7 Å². The van der Waals surface area contributed by atoms with Gasteiger partial charge in [-0.25, -0.2) is 13.1 Å². The third kappa shape index (κ3) is 3.68. The van der Waals surface area contributed by atoms with Gasteiger partial charge in [0.25, 0.3) is 0 Å². The summed E-state index contributed by atoms with van der Waals surface area (Å²) in [5, 5.41) is 11.6. The summed E-state index contributed by atoms with van der Waals surface area (Å²) in [4.78, 5) is -0.802. The lowest BCUT2D eigenvalue weighted by atomic mass is 10.1. The fourth-order valence-electron chi connectivity index (χ4n) is 2.92. The predicted octanol–water partition coefficient (Wildman–Crippen LogP) is 4.06. The second kappa shape index (κ2) is 6.30. The van der Waals surface area contributed by atoms with Gasteiger partial charge in [-0.15, -0.1) is 0 Å². The van der Waals surface area contributed by atoms with Crippen LogP contribution >= 0.6 is 15.9 Å². The molecule has 0 bridgehead atoms. The Kier molecular flexibility index (Phi) is 4.59. The van der Waals surface area contributed by atoms with Gasteiger partial charge in [0.2, 0.25) is 10.0 Å². The molecule has 0 spiro atoms. The molecule has 0 saturated heterocycles. The quantitative estimate of drug-likeness (QED) is 0.791. The van der Waals surface area contributed by atoms with Crippen LogP contribution in [0.1, 0.15) is 16.7 Å². The highest BCUT2D eigenvalue weighted by Gasteiger charge is 2.38. The molecule has 1 N–H and O–H groups in total. The molecule has 0 saturated carbocycles. The van der Waals surface area contributed by atoms with Gasteiger partial charge in [0.1, 0.15) is 0 Å². The van der Waals surface area contributed by atoms with Crippen LogP contribution in [0.3, 0.4) is 0 Å². The van der Waals surface area contributed by atoms with E-state index in [1.54, 1.807) is 6.07 Å². The normalized spacial score (nSPS) is 17.5. The van der Waals surface area contributed by atoms with E-state index in [9.17, 15) is 26.7 Å². The minimum atomic E-state index is -4.77. The molecule has 4 nitrogen and oxygen atoms in total. The molecule has 1 atom stereocenters. The topological polar surface area (TPSA) is 66.1 Å². The van der Waals surface area contributed by atoms with Gasteiger partial charge >= 0.3 is 6.18 Å². The second-order valence-electron chi connectivity index (χ2n) is 5.77. The number of hydrogen-bond acceptors (Lipinski definition) is 2. The SMILES string of the molecule is [O]c1cc2c(cc1Br)CC(NS(=O)(=O)c1ccccc1C(F)(F)F)C2. The lowest BCUT2D eigenvalue weighted by molar-refractivity contribution is -0.139. The number of nitrogens with one attached hydrogen (secondary N) is 1. The van der Waals surface area contributed by atoms with Crippen molar-refractivity contribution in [3.8, 4) is 5.75 Å². The lowest BCUT2D eigenvalue weighted by Gasteiger charge is -2.16. The Morgan fingerprint density at radius 3 is 2.32 bits per heavy atom. The standard InChI is InChI=1S/C16H12BrF3NO3S/c17-13-7-9-5-11(6-10(9)8-14(13)22)21-25(23,24)15-4-2-1-3-12(15)16(18,19)20/h1-4,7-8,11,21H,5-6H2. The van der Waals surface area contributed by atoms with Crippen molar-refractivity contribution in [1.82, 2.24) is 4.72 Å². The first-order valence-electron chi connectivity index (χ1n) is 7.25. The second-order valence-corrected chi connectivity index (χ2v) is 8.31. The van der Waals surface area contributed by atoms with E-state index in [-0.39, 0.29) is 12.2 Å². The maximum Gasteiger partial charge on any atom is 0.417 e. The van der Waals surface area contributed by atoms with E-state index >= 15 is 0 Å². The van der Waals surface area contributed by atoms with Crippen LogP contribution in [0.25, 0.3) is 0 Å². The zero-order chi connectivity index (χ0) is 18.4. The molecule has 1 unspecified atom stereocenters. The number of sulfonamides is 1. The fraction of sp³-hybridized carbons (Fsp3) is 0.250. The van der Waals surface area contributed by atoms with E-state index in [0.29, 0.717) is 16.5 Å². The highest BCUT2D eigenvalue weighted by molar-refractivity contribution is 9.10. The maximum absolute atomic E-state index is 13.1. The number of benzene rings is 2. The number of hydrogen-bond donors (Lipinski definition) is 1. The summed E-state index contributed by atoms with van der Waals surface area (Å²) in [7, 11) is -4.36. The summed E-state index contributed by atoms with van der Waals surface area (Å²) in [6.45, 7) is 0. The average molecular weight is 435 g/mol. The number of fused-ring (bicyclic) bond motifs is 1. The van der Waals surface area contributed by atoms with Crippen molar-refractivity contribution >= 4 is 26.0 Å². The molecular weight excluding hydrogens is 423 g/mol. The van der Waals surface area contributed by atoms with Crippen LogP contribution < -0.4 is 4.72 Å². The predicted molar refractivity (Wildman–Crippen MR) is 87.2 cm³/mol. The van der Waals surface area contributed by atoms with Crippen molar-refractivity contribution in [2.75, 3.05) is 0 Å². The van der Waals surface area contributed by atoms with Crippen molar-refractivity contribution in [2.45, 2.75) is 30.0 Å². The Morgan fingerprint density at radius 2 is 1.68 bits per heavy atom. The van der Waals surface area contributed by atoms with E-state index in [2.05, 4.69) is 20.7 Å². The molecule has 1 aliphatic carbocycles. The van der Waals surface area contributed by atoms with Gasteiger partial charge in [0.05, 0.1) is 14.9 Å². The lowest BCUT2D eigenvalue weighted by Crippen LogP contribution is -2.36. The third-order valence-electron chi connectivity index (χ3n) is 3.99. The van der Waals surface area contributed by atoms with Gasteiger partial charge in [-0.05, 0) is 64.2 Å². The van der Waals surface area contributed by atoms with E-state index in [4.69, 9.17) is 0 Å². The number of halogens is 4. The minimum Gasteiger partial charge on any atom is -0.289 e. The zero-order valence-electron chi connectivity index (χ0n) is 12.6. The van der Waals surface area contributed by atoms with Gasteiger partial charge in [-0.3, -0.25) is 5.11 Å². The summed E-state index contributed by atoms with van der Waals surface area (Å²) in [6.07, 6.45) is -4.21. The molecule has 25 heavy (non-hydrogen) atoms. The van der Waals surface area contributed by atoms with E-state index in [0.717, 1.165) is 23.8 Å². The molecule has 2 aromatic carbocycles. The first-order chi connectivity index (χ1) is 11.6. The number of alkyl halides is 3. The molecule has 1 aliphatic rings. The molecule has 0 aromatic heterocycles. The molecule has 0 heterocycles. The van der Waals surface area contributed by atoms with E-state index < -0.39 is 32.7 Å². The Hall–Kier alpha value is -1.58. The van der Waals surface area contributed by atoms with Gasteiger partial charge in [0, 0.05) is 6.04 Å². The summed E-state index contributed by atoms with van der Waals surface area (Å²) < 4.78 is 66.8.